The van der Waals surface area contributed by atoms with Gasteiger partial charge in [-0.2, -0.15) is 0 Å². The highest BCUT2D eigenvalue weighted by Crippen LogP contribution is 2.32. The van der Waals surface area contributed by atoms with Crippen LogP contribution in [0.25, 0.3) is 11.5 Å². The van der Waals surface area contributed by atoms with Gasteiger partial charge in [-0.05, 0) is 31.2 Å². The van der Waals surface area contributed by atoms with Crippen LogP contribution in [0.5, 0.6) is 11.5 Å². The summed E-state index contributed by atoms with van der Waals surface area (Å²) in [7, 11) is 2.89. The first-order valence-corrected chi connectivity index (χ1v) is 8.44. The Labute approximate surface area is 165 Å². The average molecular weight is 399 g/mol. The van der Waals surface area contributed by atoms with Crippen LogP contribution in [-0.2, 0) is 4.74 Å². The van der Waals surface area contributed by atoms with Crippen LogP contribution in [0.15, 0.2) is 46.9 Å². The van der Waals surface area contributed by atoms with Crippen LogP contribution < -0.4 is 9.47 Å². The molecular weight excluding hydrogens is 382 g/mol. The van der Waals surface area contributed by atoms with Crippen LogP contribution in [0.3, 0.4) is 0 Å². The Morgan fingerprint density at radius 3 is 2.45 bits per heavy atom. The summed E-state index contributed by atoms with van der Waals surface area (Å²) in [5, 5.41) is 18.5. The highest BCUT2D eigenvalue weighted by Gasteiger charge is 2.23. The van der Waals surface area contributed by atoms with Crippen LogP contribution in [0.1, 0.15) is 29.3 Å². The molecule has 0 N–H and O–H groups in total. The van der Waals surface area contributed by atoms with Crippen LogP contribution in [0.2, 0.25) is 0 Å². The van der Waals surface area contributed by atoms with Gasteiger partial charge in [0.05, 0.1) is 19.1 Å². The fourth-order valence-electron chi connectivity index (χ4n) is 2.56. The first-order valence-electron chi connectivity index (χ1n) is 8.44. The molecule has 0 aliphatic heterocycles. The lowest BCUT2D eigenvalue weighted by atomic mass is 10.2. The summed E-state index contributed by atoms with van der Waals surface area (Å²) in [6, 6.07) is 10.5. The number of rotatable bonds is 7. The number of nitro benzene ring substituents is 1. The Morgan fingerprint density at radius 1 is 1.10 bits per heavy atom. The minimum Gasteiger partial charge on any atom is -0.493 e. The van der Waals surface area contributed by atoms with Gasteiger partial charge in [0.1, 0.15) is 5.56 Å². The van der Waals surface area contributed by atoms with Gasteiger partial charge in [-0.1, -0.05) is 6.07 Å². The smallest absolute Gasteiger partial charge is 0.342 e. The van der Waals surface area contributed by atoms with Crippen molar-refractivity contribution in [3.8, 4) is 23.0 Å². The number of nitro groups is 1. The van der Waals surface area contributed by atoms with Gasteiger partial charge < -0.3 is 18.6 Å². The maximum absolute atomic E-state index is 12.5. The molecule has 0 aliphatic rings. The molecule has 3 rings (SSSR count). The molecule has 0 saturated carbocycles. The molecule has 0 amide bonds. The minimum absolute atomic E-state index is 0.0528. The van der Waals surface area contributed by atoms with Crippen LogP contribution in [0.4, 0.5) is 5.69 Å². The molecule has 3 aromatic rings. The van der Waals surface area contributed by atoms with Gasteiger partial charge in [0.2, 0.25) is 5.89 Å². The van der Waals surface area contributed by atoms with Crippen molar-refractivity contribution in [2.24, 2.45) is 0 Å². The van der Waals surface area contributed by atoms with E-state index >= 15 is 0 Å². The van der Waals surface area contributed by atoms with E-state index in [1.165, 1.54) is 38.5 Å². The summed E-state index contributed by atoms with van der Waals surface area (Å²) in [6.45, 7) is 1.58. The fraction of sp³-hybridized carbons (Fsp3) is 0.211. The third-order valence-electron chi connectivity index (χ3n) is 4.02. The number of methoxy groups -OCH3 is 2. The molecule has 29 heavy (non-hydrogen) atoms. The van der Waals surface area contributed by atoms with E-state index in [1.807, 2.05) is 0 Å². The largest absolute Gasteiger partial charge is 0.493 e. The van der Waals surface area contributed by atoms with Gasteiger partial charge in [0, 0.05) is 17.7 Å². The average Bonchev–Trinajstić information content (AvgIpc) is 3.23. The molecule has 1 heterocycles. The highest BCUT2D eigenvalue weighted by molar-refractivity contribution is 5.93. The molecule has 10 nitrogen and oxygen atoms in total. The van der Waals surface area contributed by atoms with E-state index in [-0.39, 0.29) is 28.8 Å². The molecular formula is C19H17N3O7. The molecule has 1 aromatic heterocycles. The summed E-state index contributed by atoms with van der Waals surface area (Å²) < 4.78 is 21.4. The van der Waals surface area contributed by atoms with E-state index in [4.69, 9.17) is 18.6 Å². The number of ether oxygens (including phenoxy) is 3. The topological polar surface area (TPSA) is 127 Å². The third kappa shape index (κ3) is 4.15. The second-order valence-electron chi connectivity index (χ2n) is 5.84. The molecule has 0 saturated heterocycles. The summed E-state index contributed by atoms with van der Waals surface area (Å²) in [6.07, 6.45) is -0.835. The van der Waals surface area contributed by atoms with Crippen molar-refractivity contribution in [3.05, 3.63) is 64.0 Å². The van der Waals surface area contributed by atoms with Crippen molar-refractivity contribution >= 4 is 11.7 Å². The Morgan fingerprint density at radius 2 is 1.83 bits per heavy atom. The number of carbonyl (C=O) groups excluding carboxylic acids is 1. The SMILES string of the molecule is COc1cccc(C(=O)O[C@@H](C)c2nnc(-c3ccc([N+](=O)[O-])cc3)o2)c1OC. The van der Waals surface area contributed by atoms with Gasteiger partial charge in [0.25, 0.3) is 11.6 Å². The zero-order valence-corrected chi connectivity index (χ0v) is 15.8. The van der Waals surface area contributed by atoms with Crippen molar-refractivity contribution in [2.75, 3.05) is 14.2 Å². The lowest BCUT2D eigenvalue weighted by Crippen LogP contribution is -2.11. The summed E-state index contributed by atoms with van der Waals surface area (Å²) >= 11 is 0. The molecule has 10 heteroatoms. The Hall–Kier alpha value is -3.95. The number of benzene rings is 2. The van der Waals surface area contributed by atoms with Crippen molar-refractivity contribution in [2.45, 2.75) is 13.0 Å². The van der Waals surface area contributed by atoms with E-state index in [0.717, 1.165) is 0 Å². The molecule has 1 atom stereocenters. The number of esters is 1. The van der Waals surface area contributed by atoms with Gasteiger partial charge in [0.15, 0.2) is 17.6 Å². The van der Waals surface area contributed by atoms with Crippen LogP contribution in [0, 0.1) is 10.1 Å². The molecule has 0 radical (unpaired) electrons. The van der Waals surface area contributed by atoms with Gasteiger partial charge in [-0.25, -0.2) is 4.79 Å². The molecule has 0 fully saturated rings. The predicted molar refractivity (Wildman–Crippen MR) is 99.8 cm³/mol. The Balaban J connectivity index is 1.76. The lowest BCUT2D eigenvalue weighted by Gasteiger charge is -2.13. The normalized spacial score (nSPS) is 11.6. The molecule has 0 spiro atoms. The van der Waals surface area contributed by atoms with Crippen LogP contribution >= 0.6 is 0 Å². The third-order valence-corrected chi connectivity index (χ3v) is 4.02. The summed E-state index contributed by atoms with van der Waals surface area (Å²) in [5.41, 5.74) is 0.638. The second kappa shape index (κ2) is 8.38. The van der Waals surface area contributed by atoms with Crippen LogP contribution in [-0.4, -0.2) is 35.3 Å². The minimum atomic E-state index is -0.835. The van der Waals surface area contributed by atoms with Gasteiger partial charge in [-0.3, -0.25) is 10.1 Å². The summed E-state index contributed by atoms with van der Waals surface area (Å²) in [5.74, 6) is 0.228. The monoisotopic (exact) mass is 399 g/mol. The molecule has 150 valence electrons. The number of aromatic nitrogens is 2. The predicted octanol–water partition coefficient (Wildman–Crippen LogP) is 3.58. The van der Waals surface area contributed by atoms with E-state index < -0.39 is 17.0 Å². The highest BCUT2D eigenvalue weighted by atomic mass is 16.6. The number of hydrogen-bond acceptors (Lipinski definition) is 9. The van der Waals surface area contributed by atoms with Crippen molar-refractivity contribution in [1.82, 2.24) is 10.2 Å². The van der Waals surface area contributed by atoms with Gasteiger partial charge >= 0.3 is 5.97 Å². The summed E-state index contributed by atoms with van der Waals surface area (Å²) in [4.78, 5) is 22.8. The quantitative estimate of drug-likeness (QED) is 0.333. The van der Waals surface area contributed by atoms with Crippen molar-refractivity contribution < 1.29 is 28.3 Å². The number of hydrogen-bond donors (Lipinski definition) is 0. The zero-order valence-electron chi connectivity index (χ0n) is 15.8. The van der Waals surface area contributed by atoms with Crippen molar-refractivity contribution in [1.29, 1.82) is 0 Å². The first kappa shape index (κ1) is 19.8. The van der Waals surface area contributed by atoms with E-state index in [0.29, 0.717) is 11.3 Å². The van der Waals surface area contributed by atoms with Crippen molar-refractivity contribution in [3.63, 3.8) is 0 Å². The van der Waals surface area contributed by atoms with E-state index in [1.54, 1.807) is 25.1 Å². The molecule has 2 aromatic carbocycles. The van der Waals surface area contributed by atoms with E-state index in [9.17, 15) is 14.9 Å². The lowest BCUT2D eigenvalue weighted by molar-refractivity contribution is -0.384. The number of carbonyl (C=O) groups is 1. The number of para-hydroxylation sites is 1. The maximum Gasteiger partial charge on any atom is 0.342 e. The number of non-ortho nitro benzene ring substituents is 1. The standard InChI is InChI=1S/C19H17N3O7/c1-11(28-19(23)14-5-4-6-15(26-2)16(14)27-3)17-20-21-18(29-17)12-7-9-13(10-8-12)22(24)25/h4-11H,1-3H3/t11-/m0/s1. The Bertz CT molecular complexity index is 1030. The van der Waals surface area contributed by atoms with E-state index in [2.05, 4.69) is 10.2 Å². The molecule has 0 aliphatic carbocycles. The zero-order chi connectivity index (χ0) is 21.0. The van der Waals surface area contributed by atoms with Gasteiger partial charge in [-0.15, -0.1) is 10.2 Å². The second-order valence-corrected chi connectivity index (χ2v) is 5.84. The maximum atomic E-state index is 12.5. The molecule has 0 unspecified atom stereocenters. The number of nitrogens with zero attached hydrogens (tertiary/aromatic N) is 3. The Kier molecular flexibility index (Phi) is 5.72. The fourth-order valence-corrected chi connectivity index (χ4v) is 2.56. The molecule has 0 bridgehead atoms. The first-order chi connectivity index (χ1) is 13.9.